The summed E-state index contributed by atoms with van der Waals surface area (Å²) in [5.41, 5.74) is 8.69. The summed E-state index contributed by atoms with van der Waals surface area (Å²) < 4.78 is 0. The van der Waals surface area contributed by atoms with Crippen molar-refractivity contribution in [2.75, 3.05) is 11.9 Å². The zero-order chi connectivity index (χ0) is 13.8. The molecule has 2 heteroatoms. The molecule has 0 aliphatic heterocycles. The Morgan fingerprint density at radius 1 is 1.00 bits per heavy atom. The highest BCUT2D eigenvalue weighted by atomic mass is 14.9. The maximum absolute atomic E-state index is 5.95. The number of hydrogen-bond acceptors (Lipinski definition) is 2. The van der Waals surface area contributed by atoms with Crippen molar-refractivity contribution in [3.05, 3.63) is 29.8 Å². The zero-order valence-corrected chi connectivity index (χ0v) is 12.5. The van der Waals surface area contributed by atoms with Crippen molar-refractivity contribution in [3.63, 3.8) is 0 Å². The Bertz CT molecular complexity index is 352. The number of rotatable bonds is 5. The second kappa shape index (κ2) is 5.75. The van der Waals surface area contributed by atoms with E-state index >= 15 is 0 Å². The van der Waals surface area contributed by atoms with Crippen molar-refractivity contribution in [1.82, 2.24) is 0 Å². The molecule has 0 unspecified atom stereocenters. The van der Waals surface area contributed by atoms with Crippen LogP contribution in [-0.2, 0) is 5.41 Å². The summed E-state index contributed by atoms with van der Waals surface area (Å²) in [6, 6.07) is 8.73. The average molecular weight is 248 g/mol. The third kappa shape index (κ3) is 5.54. The molecule has 0 atom stereocenters. The lowest BCUT2D eigenvalue weighted by atomic mass is 9.87. The molecule has 102 valence electrons. The predicted molar refractivity (Wildman–Crippen MR) is 81.1 cm³/mol. The van der Waals surface area contributed by atoms with Crippen molar-refractivity contribution in [1.29, 1.82) is 0 Å². The van der Waals surface area contributed by atoms with Crippen LogP contribution in [0.1, 0.15) is 53.0 Å². The molecule has 0 fully saturated rings. The molecule has 0 saturated carbocycles. The van der Waals surface area contributed by atoms with Gasteiger partial charge < -0.3 is 11.1 Å². The van der Waals surface area contributed by atoms with E-state index in [1.165, 1.54) is 11.3 Å². The molecule has 0 saturated heterocycles. The lowest BCUT2D eigenvalue weighted by Crippen LogP contribution is -2.32. The normalized spacial score (nSPS) is 12.6. The molecule has 0 aliphatic carbocycles. The minimum Gasteiger partial charge on any atom is -0.385 e. The monoisotopic (exact) mass is 248 g/mol. The lowest BCUT2D eigenvalue weighted by Gasteiger charge is -2.20. The molecule has 0 bridgehead atoms. The van der Waals surface area contributed by atoms with Gasteiger partial charge in [-0.1, -0.05) is 32.9 Å². The predicted octanol–water partition coefficient (Wildman–Crippen LogP) is 3.91. The number of benzene rings is 1. The summed E-state index contributed by atoms with van der Waals surface area (Å²) in [6.07, 6.45) is 2.14. The second-order valence-electron chi connectivity index (χ2n) is 6.85. The summed E-state index contributed by atoms with van der Waals surface area (Å²) in [6.45, 7) is 11.8. The third-order valence-electron chi connectivity index (χ3n) is 3.08. The van der Waals surface area contributed by atoms with E-state index in [1.807, 2.05) is 0 Å². The number of nitrogens with one attached hydrogen (secondary N) is 1. The van der Waals surface area contributed by atoms with E-state index in [2.05, 4.69) is 64.2 Å². The highest BCUT2D eigenvalue weighted by molar-refractivity contribution is 5.45. The largest absolute Gasteiger partial charge is 0.385 e. The lowest BCUT2D eigenvalue weighted by molar-refractivity contribution is 0.465. The van der Waals surface area contributed by atoms with Crippen LogP contribution in [-0.4, -0.2) is 12.1 Å². The zero-order valence-electron chi connectivity index (χ0n) is 12.5. The Morgan fingerprint density at radius 2 is 1.56 bits per heavy atom. The van der Waals surface area contributed by atoms with Crippen LogP contribution in [0.5, 0.6) is 0 Å². The molecule has 0 amide bonds. The van der Waals surface area contributed by atoms with Gasteiger partial charge in [-0.15, -0.1) is 0 Å². The molecule has 0 heterocycles. The molecule has 0 spiro atoms. The molecule has 1 aromatic carbocycles. The van der Waals surface area contributed by atoms with Crippen LogP contribution < -0.4 is 11.1 Å². The summed E-state index contributed by atoms with van der Waals surface area (Å²) in [5, 5.41) is 3.44. The first-order chi connectivity index (χ1) is 8.18. The Kier molecular flexibility index (Phi) is 4.80. The molecule has 2 nitrogen and oxygen atoms in total. The SMILES string of the molecule is CC(C)(N)CCCNc1ccc(C(C)(C)C)cc1. The van der Waals surface area contributed by atoms with Crippen LogP contribution in [0.2, 0.25) is 0 Å². The van der Waals surface area contributed by atoms with Crippen molar-refractivity contribution >= 4 is 5.69 Å². The van der Waals surface area contributed by atoms with Crippen LogP contribution in [0.25, 0.3) is 0 Å². The Morgan fingerprint density at radius 3 is 2.00 bits per heavy atom. The Balaban J connectivity index is 2.41. The van der Waals surface area contributed by atoms with E-state index < -0.39 is 0 Å². The molecule has 1 aromatic rings. The van der Waals surface area contributed by atoms with Gasteiger partial charge in [0.05, 0.1) is 0 Å². The summed E-state index contributed by atoms with van der Waals surface area (Å²) in [4.78, 5) is 0. The van der Waals surface area contributed by atoms with Crippen LogP contribution in [0.4, 0.5) is 5.69 Å². The fraction of sp³-hybridized carbons (Fsp3) is 0.625. The standard InChI is InChI=1S/C16H28N2/c1-15(2,3)13-7-9-14(10-8-13)18-12-6-11-16(4,5)17/h7-10,18H,6,11-12,17H2,1-5H3. The topological polar surface area (TPSA) is 38.0 Å². The molecule has 0 aromatic heterocycles. The molecular formula is C16H28N2. The van der Waals surface area contributed by atoms with Crippen LogP contribution in [0.15, 0.2) is 24.3 Å². The van der Waals surface area contributed by atoms with E-state index in [1.54, 1.807) is 0 Å². The van der Waals surface area contributed by atoms with Gasteiger partial charge in [0, 0.05) is 17.8 Å². The van der Waals surface area contributed by atoms with Crippen molar-refractivity contribution in [2.24, 2.45) is 5.73 Å². The van der Waals surface area contributed by atoms with Gasteiger partial charge in [-0.05, 0) is 49.8 Å². The van der Waals surface area contributed by atoms with Crippen molar-refractivity contribution in [2.45, 2.75) is 58.4 Å². The summed E-state index contributed by atoms with van der Waals surface area (Å²) >= 11 is 0. The summed E-state index contributed by atoms with van der Waals surface area (Å²) in [7, 11) is 0. The first-order valence-electron chi connectivity index (χ1n) is 6.82. The quantitative estimate of drug-likeness (QED) is 0.775. The van der Waals surface area contributed by atoms with E-state index in [4.69, 9.17) is 5.73 Å². The van der Waals surface area contributed by atoms with Crippen molar-refractivity contribution < 1.29 is 0 Å². The third-order valence-corrected chi connectivity index (χ3v) is 3.08. The second-order valence-corrected chi connectivity index (χ2v) is 6.85. The van der Waals surface area contributed by atoms with Gasteiger partial charge in [-0.2, -0.15) is 0 Å². The van der Waals surface area contributed by atoms with Crippen molar-refractivity contribution in [3.8, 4) is 0 Å². The van der Waals surface area contributed by atoms with Gasteiger partial charge >= 0.3 is 0 Å². The van der Waals surface area contributed by atoms with E-state index in [9.17, 15) is 0 Å². The van der Waals surface area contributed by atoms with Crippen LogP contribution >= 0.6 is 0 Å². The minimum atomic E-state index is -0.0578. The van der Waals surface area contributed by atoms with Gasteiger partial charge in [0.1, 0.15) is 0 Å². The van der Waals surface area contributed by atoms with Gasteiger partial charge in [0.25, 0.3) is 0 Å². The highest BCUT2D eigenvalue weighted by Gasteiger charge is 2.12. The molecule has 18 heavy (non-hydrogen) atoms. The van der Waals surface area contributed by atoms with Gasteiger partial charge in [-0.25, -0.2) is 0 Å². The maximum atomic E-state index is 5.95. The van der Waals surface area contributed by atoms with E-state index in [0.29, 0.717) is 0 Å². The smallest absolute Gasteiger partial charge is 0.0340 e. The fourth-order valence-corrected chi connectivity index (χ4v) is 1.86. The number of anilines is 1. The highest BCUT2D eigenvalue weighted by Crippen LogP contribution is 2.23. The maximum Gasteiger partial charge on any atom is 0.0340 e. The first-order valence-corrected chi connectivity index (χ1v) is 6.82. The van der Waals surface area contributed by atoms with Gasteiger partial charge in [0.2, 0.25) is 0 Å². The van der Waals surface area contributed by atoms with Crippen LogP contribution in [0.3, 0.4) is 0 Å². The Hall–Kier alpha value is -1.02. The molecule has 3 N–H and O–H groups in total. The number of nitrogens with two attached hydrogens (primary N) is 1. The minimum absolute atomic E-state index is 0.0578. The molecule has 0 radical (unpaired) electrons. The van der Waals surface area contributed by atoms with Crippen LogP contribution in [0, 0.1) is 0 Å². The molecule has 0 aliphatic rings. The van der Waals surface area contributed by atoms with E-state index in [0.717, 1.165) is 19.4 Å². The fourth-order valence-electron chi connectivity index (χ4n) is 1.86. The average Bonchev–Trinajstić information content (AvgIpc) is 2.22. The van der Waals surface area contributed by atoms with E-state index in [-0.39, 0.29) is 11.0 Å². The number of hydrogen-bond donors (Lipinski definition) is 2. The summed E-state index contributed by atoms with van der Waals surface area (Å²) in [5.74, 6) is 0. The molecule has 1 rings (SSSR count). The van der Waals surface area contributed by atoms with Gasteiger partial charge in [0.15, 0.2) is 0 Å². The first kappa shape index (κ1) is 15.0. The molecular weight excluding hydrogens is 220 g/mol. The Labute approximate surface area is 112 Å². The van der Waals surface area contributed by atoms with Gasteiger partial charge in [-0.3, -0.25) is 0 Å².